The average molecular weight is 305 g/mol. The molecule has 0 atom stereocenters. The molecule has 1 N–H and O–H groups in total. The predicted octanol–water partition coefficient (Wildman–Crippen LogP) is 2.69. The first-order valence-electron chi connectivity index (χ1n) is 7.30. The summed E-state index contributed by atoms with van der Waals surface area (Å²) < 4.78 is 12.6. The predicted molar refractivity (Wildman–Crippen MR) is 83.2 cm³/mol. The van der Waals surface area contributed by atoms with Crippen LogP contribution in [0.4, 0.5) is 0 Å². The third-order valence-electron chi connectivity index (χ3n) is 3.66. The second-order valence-corrected chi connectivity index (χ2v) is 5.65. The normalized spacial score (nSPS) is 11.0. The van der Waals surface area contributed by atoms with E-state index in [1.54, 1.807) is 18.7 Å². The first-order valence-corrected chi connectivity index (χ1v) is 7.30. The zero-order valence-electron chi connectivity index (χ0n) is 14.0. The van der Waals surface area contributed by atoms with Crippen molar-refractivity contribution in [1.29, 1.82) is 0 Å². The van der Waals surface area contributed by atoms with Gasteiger partial charge < -0.3 is 14.5 Å². The molecule has 2 aromatic heterocycles. The van der Waals surface area contributed by atoms with E-state index in [0.717, 1.165) is 17.0 Å². The molecule has 0 radical (unpaired) electrons. The van der Waals surface area contributed by atoms with Crippen LogP contribution in [0.3, 0.4) is 0 Å². The molecule has 0 spiro atoms. The van der Waals surface area contributed by atoms with Gasteiger partial charge in [0.15, 0.2) is 0 Å². The average Bonchev–Trinajstić information content (AvgIpc) is 2.96. The highest BCUT2D eigenvalue weighted by Crippen LogP contribution is 2.23. The summed E-state index contributed by atoms with van der Waals surface area (Å²) in [6.07, 6.45) is 0. The molecule has 1 amide bonds. The molecule has 0 aliphatic carbocycles. The van der Waals surface area contributed by atoms with E-state index < -0.39 is 0 Å². The quantitative estimate of drug-likeness (QED) is 0.922. The summed E-state index contributed by atoms with van der Waals surface area (Å²) in [4.78, 5) is 12.4. The number of aromatic nitrogens is 2. The molecule has 2 rings (SSSR count). The van der Waals surface area contributed by atoms with Gasteiger partial charge in [-0.2, -0.15) is 5.10 Å². The minimum Gasteiger partial charge on any atom is -0.481 e. The number of methoxy groups -OCH3 is 1. The highest BCUT2D eigenvalue weighted by atomic mass is 16.5. The molecule has 0 aliphatic heterocycles. The molecule has 0 unspecified atom stereocenters. The Balaban J connectivity index is 2.14. The molecule has 120 valence electrons. The lowest BCUT2D eigenvalue weighted by atomic mass is 10.1. The van der Waals surface area contributed by atoms with Gasteiger partial charge in [-0.15, -0.1) is 0 Å². The fourth-order valence-corrected chi connectivity index (χ4v) is 2.42. The number of ether oxygens (including phenoxy) is 1. The van der Waals surface area contributed by atoms with Gasteiger partial charge in [-0.05, 0) is 19.9 Å². The molecule has 0 saturated heterocycles. The number of carbonyl (C=O) groups is 1. The van der Waals surface area contributed by atoms with Crippen LogP contribution in [-0.4, -0.2) is 22.8 Å². The van der Waals surface area contributed by atoms with E-state index in [-0.39, 0.29) is 11.8 Å². The van der Waals surface area contributed by atoms with E-state index in [1.807, 2.05) is 33.9 Å². The SMILES string of the molecule is COc1c(CNC(=O)c2cc(C(C)C)oc2C)c(C)nn1C. The second kappa shape index (κ2) is 6.25. The summed E-state index contributed by atoms with van der Waals surface area (Å²) in [6, 6.07) is 1.81. The highest BCUT2D eigenvalue weighted by Gasteiger charge is 2.19. The lowest BCUT2D eigenvalue weighted by Crippen LogP contribution is -2.23. The maximum Gasteiger partial charge on any atom is 0.255 e. The largest absolute Gasteiger partial charge is 0.481 e. The summed E-state index contributed by atoms with van der Waals surface area (Å²) in [5, 5.41) is 7.20. The van der Waals surface area contributed by atoms with Crippen molar-refractivity contribution in [2.75, 3.05) is 7.11 Å². The number of hydrogen-bond donors (Lipinski definition) is 1. The Morgan fingerprint density at radius 3 is 2.68 bits per heavy atom. The Labute approximate surface area is 130 Å². The van der Waals surface area contributed by atoms with Crippen LogP contribution < -0.4 is 10.1 Å². The Kier molecular flexibility index (Phi) is 4.59. The van der Waals surface area contributed by atoms with Gasteiger partial charge in [-0.1, -0.05) is 13.8 Å². The maximum absolute atomic E-state index is 12.4. The summed E-state index contributed by atoms with van der Waals surface area (Å²) in [7, 11) is 3.41. The molecule has 0 aromatic carbocycles. The van der Waals surface area contributed by atoms with Gasteiger partial charge in [-0.3, -0.25) is 4.79 Å². The molecular weight excluding hydrogens is 282 g/mol. The van der Waals surface area contributed by atoms with E-state index in [0.29, 0.717) is 23.7 Å². The Bertz CT molecular complexity index is 683. The van der Waals surface area contributed by atoms with Crippen LogP contribution >= 0.6 is 0 Å². The van der Waals surface area contributed by atoms with E-state index >= 15 is 0 Å². The van der Waals surface area contributed by atoms with Crippen LogP contribution in [0.5, 0.6) is 5.88 Å². The monoisotopic (exact) mass is 305 g/mol. The van der Waals surface area contributed by atoms with Crippen LogP contribution in [0, 0.1) is 13.8 Å². The molecule has 0 aliphatic rings. The molecule has 2 aromatic rings. The number of aryl methyl sites for hydroxylation is 3. The minimum atomic E-state index is -0.154. The van der Waals surface area contributed by atoms with Crippen molar-refractivity contribution in [3.05, 3.63) is 34.4 Å². The number of amides is 1. The van der Waals surface area contributed by atoms with Crippen molar-refractivity contribution in [2.45, 2.75) is 40.2 Å². The zero-order valence-corrected chi connectivity index (χ0v) is 14.0. The Morgan fingerprint density at radius 1 is 1.45 bits per heavy atom. The molecule has 22 heavy (non-hydrogen) atoms. The van der Waals surface area contributed by atoms with Crippen LogP contribution in [-0.2, 0) is 13.6 Å². The van der Waals surface area contributed by atoms with Crippen LogP contribution in [0.1, 0.15) is 52.9 Å². The second-order valence-electron chi connectivity index (χ2n) is 5.65. The van der Waals surface area contributed by atoms with Gasteiger partial charge in [0, 0.05) is 13.0 Å². The summed E-state index contributed by atoms with van der Waals surface area (Å²) in [6.45, 7) is 8.12. The Morgan fingerprint density at radius 2 is 2.14 bits per heavy atom. The number of hydrogen-bond acceptors (Lipinski definition) is 4. The van der Waals surface area contributed by atoms with Crippen molar-refractivity contribution >= 4 is 5.91 Å². The first kappa shape index (κ1) is 16.1. The minimum absolute atomic E-state index is 0.154. The Hall–Kier alpha value is -2.24. The number of rotatable bonds is 5. The van der Waals surface area contributed by atoms with E-state index in [1.165, 1.54) is 0 Å². The van der Waals surface area contributed by atoms with Crippen LogP contribution in [0.15, 0.2) is 10.5 Å². The molecule has 0 fully saturated rings. The molecule has 6 nitrogen and oxygen atoms in total. The fourth-order valence-electron chi connectivity index (χ4n) is 2.42. The van der Waals surface area contributed by atoms with Crippen LogP contribution in [0.25, 0.3) is 0 Å². The number of carbonyl (C=O) groups excluding carboxylic acids is 1. The standard InChI is InChI=1S/C16H23N3O3/c1-9(2)14-7-12(11(4)22-14)15(20)17-8-13-10(3)18-19(5)16(13)21-6/h7,9H,8H2,1-6H3,(H,17,20). The molecular formula is C16H23N3O3. The van der Waals surface area contributed by atoms with Gasteiger partial charge in [0.1, 0.15) is 11.5 Å². The van der Waals surface area contributed by atoms with E-state index in [9.17, 15) is 4.79 Å². The first-order chi connectivity index (χ1) is 10.3. The topological polar surface area (TPSA) is 69.3 Å². The lowest BCUT2D eigenvalue weighted by molar-refractivity contribution is 0.0949. The summed E-state index contributed by atoms with van der Waals surface area (Å²) in [5.41, 5.74) is 2.29. The van der Waals surface area contributed by atoms with Gasteiger partial charge in [-0.25, -0.2) is 4.68 Å². The van der Waals surface area contributed by atoms with Crippen LogP contribution in [0.2, 0.25) is 0 Å². The lowest BCUT2D eigenvalue weighted by Gasteiger charge is -2.06. The third-order valence-corrected chi connectivity index (χ3v) is 3.66. The molecule has 0 saturated carbocycles. The van der Waals surface area contributed by atoms with Crippen molar-refractivity contribution in [2.24, 2.45) is 7.05 Å². The number of nitrogens with zero attached hydrogens (tertiary/aromatic N) is 2. The zero-order chi connectivity index (χ0) is 16.4. The van der Waals surface area contributed by atoms with E-state index in [2.05, 4.69) is 10.4 Å². The van der Waals surface area contributed by atoms with Crippen molar-refractivity contribution < 1.29 is 13.9 Å². The smallest absolute Gasteiger partial charge is 0.255 e. The summed E-state index contributed by atoms with van der Waals surface area (Å²) >= 11 is 0. The summed E-state index contributed by atoms with van der Waals surface area (Å²) in [5.74, 6) is 2.21. The fraction of sp³-hybridized carbons (Fsp3) is 0.500. The number of furan rings is 1. The maximum atomic E-state index is 12.4. The van der Waals surface area contributed by atoms with Gasteiger partial charge >= 0.3 is 0 Å². The molecule has 6 heteroatoms. The molecule has 2 heterocycles. The van der Waals surface area contributed by atoms with Gasteiger partial charge in [0.2, 0.25) is 5.88 Å². The highest BCUT2D eigenvalue weighted by molar-refractivity contribution is 5.95. The van der Waals surface area contributed by atoms with Gasteiger partial charge in [0.05, 0.1) is 30.5 Å². The van der Waals surface area contributed by atoms with Gasteiger partial charge in [0.25, 0.3) is 5.91 Å². The molecule has 0 bridgehead atoms. The van der Waals surface area contributed by atoms with Crippen molar-refractivity contribution in [1.82, 2.24) is 15.1 Å². The number of nitrogens with one attached hydrogen (secondary N) is 1. The van der Waals surface area contributed by atoms with E-state index in [4.69, 9.17) is 9.15 Å². The van der Waals surface area contributed by atoms with Crippen molar-refractivity contribution in [3.8, 4) is 5.88 Å². The van der Waals surface area contributed by atoms with Crippen molar-refractivity contribution in [3.63, 3.8) is 0 Å². The third kappa shape index (κ3) is 3.00.